The Morgan fingerprint density at radius 3 is 2.31 bits per heavy atom. The Morgan fingerprint density at radius 2 is 1.69 bits per heavy atom. The average molecular weight is 509 g/mol. The molecule has 0 unspecified atom stereocenters. The number of nitrogens with one attached hydrogen (secondary N) is 2. The van der Waals surface area contributed by atoms with Gasteiger partial charge in [-0.15, -0.1) is 0 Å². The zero-order valence-corrected chi connectivity index (χ0v) is 23.2. The summed E-state index contributed by atoms with van der Waals surface area (Å²) >= 11 is -1.26. The molecule has 0 aliphatic carbocycles. The molecule has 2 amide bonds. The van der Waals surface area contributed by atoms with Gasteiger partial charge in [-0.05, 0) is 64.3 Å². The lowest BCUT2D eigenvalue weighted by Crippen LogP contribution is -2.32. The second-order valence-electron chi connectivity index (χ2n) is 11.3. The van der Waals surface area contributed by atoms with Gasteiger partial charge in [0.1, 0.15) is 6.26 Å². The predicted molar refractivity (Wildman–Crippen MR) is 146 cm³/mol. The van der Waals surface area contributed by atoms with Crippen LogP contribution in [-0.4, -0.2) is 38.9 Å². The Kier molecular flexibility index (Phi) is 8.00. The Hall–Kier alpha value is -3.10. The van der Waals surface area contributed by atoms with Crippen molar-refractivity contribution < 1.29 is 14.1 Å². The van der Waals surface area contributed by atoms with E-state index in [1.807, 2.05) is 31.2 Å². The number of nitrogens with zero attached hydrogens (tertiary/aromatic N) is 2. The summed E-state index contributed by atoms with van der Waals surface area (Å²) in [6.07, 6.45) is 4.77. The van der Waals surface area contributed by atoms with Gasteiger partial charge in [-0.3, -0.25) is 9.59 Å². The number of carbonyl (C=O) groups excluding carboxylic acids is 2. The number of amides is 2. The molecular formula is C28H36N4O3S. The van der Waals surface area contributed by atoms with Gasteiger partial charge in [0.15, 0.2) is 4.90 Å². The van der Waals surface area contributed by atoms with E-state index in [-0.39, 0.29) is 22.6 Å². The smallest absolute Gasteiger partial charge is 0.255 e. The Labute approximate surface area is 216 Å². The SMILES string of the molecule is Cc1ccc(C(=O)Nc2cc(C(C)(C)C)ccc2[S@@+](C)[O-])cc1-n1cc(C(=O)NCC(C)(C)C)cn1. The highest BCUT2D eigenvalue weighted by molar-refractivity contribution is 7.90. The van der Waals surface area contributed by atoms with Crippen molar-refractivity contribution in [3.8, 4) is 5.69 Å². The quantitative estimate of drug-likeness (QED) is 0.445. The number of hydrogen-bond acceptors (Lipinski definition) is 4. The van der Waals surface area contributed by atoms with Gasteiger partial charge < -0.3 is 15.2 Å². The molecule has 2 N–H and O–H groups in total. The average Bonchev–Trinajstić information content (AvgIpc) is 3.26. The van der Waals surface area contributed by atoms with Crippen molar-refractivity contribution in [1.82, 2.24) is 15.1 Å². The first-order valence-electron chi connectivity index (χ1n) is 11.9. The van der Waals surface area contributed by atoms with Crippen LogP contribution in [0.5, 0.6) is 0 Å². The van der Waals surface area contributed by atoms with Crippen LogP contribution in [0, 0.1) is 12.3 Å². The molecule has 192 valence electrons. The zero-order chi connectivity index (χ0) is 26.8. The minimum Gasteiger partial charge on any atom is -0.612 e. The molecule has 1 atom stereocenters. The largest absolute Gasteiger partial charge is 0.612 e. The lowest BCUT2D eigenvalue weighted by atomic mass is 9.87. The number of hydrogen-bond donors (Lipinski definition) is 2. The molecule has 0 bridgehead atoms. The standard InChI is InChI=1S/C28H36N4O3S/c1-18-9-10-19(13-23(18)32-16-20(15-30-32)25(33)29-17-27(2,3)4)26(34)31-22-14-21(28(5,6)7)11-12-24(22)36(8)35/h9-16H,17H2,1-8H3,(H,29,33)(H,31,34)/t36-/m1/s1. The highest BCUT2D eigenvalue weighted by Crippen LogP contribution is 2.30. The van der Waals surface area contributed by atoms with Crippen molar-refractivity contribution in [2.24, 2.45) is 5.41 Å². The summed E-state index contributed by atoms with van der Waals surface area (Å²) in [5.74, 6) is -0.508. The van der Waals surface area contributed by atoms with E-state index in [0.717, 1.165) is 11.1 Å². The molecule has 3 aromatic rings. The summed E-state index contributed by atoms with van der Waals surface area (Å²) in [4.78, 5) is 26.3. The van der Waals surface area contributed by atoms with Gasteiger partial charge in [0, 0.05) is 18.3 Å². The van der Waals surface area contributed by atoms with Crippen LogP contribution < -0.4 is 10.6 Å². The molecule has 0 saturated heterocycles. The molecule has 2 aromatic carbocycles. The topological polar surface area (TPSA) is 99.1 Å². The number of carbonyl (C=O) groups is 2. The Balaban J connectivity index is 1.87. The monoisotopic (exact) mass is 508 g/mol. The van der Waals surface area contributed by atoms with Crippen LogP contribution in [0.15, 0.2) is 53.7 Å². The lowest BCUT2D eigenvalue weighted by molar-refractivity contribution is 0.0938. The van der Waals surface area contributed by atoms with Crippen LogP contribution in [0.25, 0.3) is 5.69 Å². The molecular weight excluding hydrogens is 472 g/mol. The third kappa shape index (κ3) is 6.77. The zero-order valence-electron chi connectivity index (χ0n) is 22.4. The van der Waals surface area contributed by atoms with Crippen LogP contribution in [0.3, 0.4) is 0 Å². The van der Waals surface area contributed by atoms with Crippen LogP contribution in [0.4, 0.5) is 5.69 Å². The van der Waals surface area contributed by atoms with E-state index in [0.29, 0.717) is 33.9 Å². The highest BCUT2D eigenvalue weighted by atomic mass is 32.2. The maximum absolute atomic E-state index is 13.2. The van der Waals surface area contributed by atoms with Crippen LogP contribution in [-0.2, 0) is 16.6 Å². The second kappa shape index (κ2) is 10.5. The number of benzene rings is 2. The normalized spacial score (nSPS) is 12.8. The third-order valence-electron chi connectivity index (χ3n) is 5.75. The first-order valence-corrected chi connectivity index (χ1v) is 13.4. The second-order valence-corrected chi connectivity index (χ2v) is 12.6. The van der Waals surface area contributed by atoms with Crippen LogP contribution >= 0.6 is 0 Å². The van der Waals surface area contributed by atoms with E-state index >= 15 is 0 Å². The van der Waals surface area contributed by atoms with Gasteiger partial charge in [0.2, 0.25) is 0 Å². The number of aryl methyl sites for hydroxylation is 1. The Morgan fingerprint density at radius 1 is 1.00 bits per heavy atom. The van der Waals surface area contributed by atoms with Gasteiger partial charge >= 0.3 is 0 Å². The first-order chi connectivity index (χ1) is 16.7. The number of anilines is 1. The minimum absolute atomic E-state index is 0.0272. The molecule has 1 heterocycles. The fraction of sp³-hybridized carbons (Fsp3) is 0.393. The lowest BCUT2D eigenvalue weighted by Gasteiger charge is -2.21. The van der Waals surface area contributed by atoms with Gasteiger partial charge in [-0.2, -0.15) is 5.10 Å². The molecule has 0 aliphatic rings. The van der Waals surface area contributed by atoms with Crippen LogP contribution in [0.1, 0.15) is 73.4 Å². The first kappa shape index (κ1) is 27.5. The summed E-state index contributed by atoms with van der Waals surface area (Å²) in [5.41, 5.74) is 3.89. The highest BCUT2D eigenvalue weighted by Gasteiger charge is 2.21. The van der Waals surface area contributed by atoms with E-state index in [1.165, 1.54) is 6.20 Å². The molecule has 1 aromatic heterocycles. The van der Waals surface area contributed by atoms with Gasteiger partial charge in [0.05, 0.1) is 23.1 Å². The van der Waals surface area contributed by atoms with E-state index < -0.39 is 11.2 Å². The van der Waals surface area contributed by atoms with Gasteiger partial charge in [0.25, 0.3) is 11.8 Å². The molecule has 8 heteroatoms. The summed E-state index contributed by atoms with van der Waals surface area (Å²) in [6, 6.07) is 11.0. The third-order valence-corrected chi connectivity index (χ3v) is 6.72. The van der Waals surface area contributed by atoms with Crippen molar-refractivity contribution in [1.29, 1.82) is 0 Å². The summed E-state index contributed by atoms with van der Waals surface area (Å²) in [5, 5.41) is 10.2. The minimum atomic E-state index is -1.26. The van der Waals surface area contributed by atoms with Gasteiger partial charge in [-0.1, -0.05) is 53.7 Å². The van der Waals surface area contributed by atoms with Crippen LogP contribution in [0.2, 0.25) is 0 Å². The summed E-state index contributed by atoms with van der Waals surface area (Å²) in [7, 11) is 0. The van der Waals surface area contributed by atoms with Crippen molar-refractivity contribution in [3.05, 3.63) is 71.0 Å². The molecule has 7 nitrogen and oxygen atoms in total. The molecule has 0 saturated carbocycles. The van der Waals surface area contributed by atoms with Gasteiger partial charge in [-0.25, -0.2) is 4.68 Å². The van der Waals surface area contributed by atoms with Crippen molar-refractivity contribution in [3.63, 3.8) is 0 Å². The van der Waals surface area contributed by atoms with E-state index in [2.05, 4.69) is 57.3 Å². The fourth-order valence-electron chi connectivity index (χ4n) is 3.56. The molecule has 0 spiro atoms. The van der Waals surface area contributed by atoms with E-state index in [4.69, 9.17) is 0 Å². The molecule has 3 rings (SSSR count). The van der Waals surface area contributed by atoms with E-state index in [1.54, 1.807) is 29.3 Å². The van der Waals surface area contributed by atoms with Crippen molar-refractivity contribution >= 4 is 28.7 Å². The molecule has 36 heavy (non-hydrogen) atoms. The molecule has 0 fully saturated rings. The summed E-state index contributed by atoms with van der Waals surface area (Å²) in [6.45, 7) is 14.9. The maximum atomic E-state index is 13.2. The number of rotatable bonds is 6. The fourth-order valence-corrected chi connectivity index (χ4v) is 4.24. The number of aromatic nitrogens is 2. The predicted octanol–water partition coefficient (Wildman–Crippen LogP) is 5.24. The van der Waals surface area contributed by atoms with Crippen molar-refractivity contribution in [2.75, 3.05) is 18.1 Å². The maximum Gasteiger partial charge on any atom is 0.255 e. The Bertz CT molecular complexity index is 1270. The van der Waals surface area contributed by atoms with E-state index in [9.17, 15) is 14.1 Å². The summed E-state index contributed by atoms with van der Waals surface area (Å²) < 4.78 is 13.9. The molecule has 0 radical (unpaired) electrons. The van der Waals surface area contributed by atoms with Crippen molar-refractivity contribution in [2.45, 2.75) is 58.8 Å². The molecule has 0 aliphatic heterocycles.